The van der Waals surface area contributed by atoms with E-state index >= 15 is 0 Å². The number of hydrogen-bond acceptors (Lipinski definition) is 2. The van der Waals surface area contributed by atoms with Crippen LogP contribution in [0.15, 0.2) is 24.3 Å². The quantitative estimate of drug-likeness (QED) is 0.366. The van der Waals surface area contributed by atoms with Crippen LogP contribution >= 0.6 is 0 Å². The third-order valence-electron chi connectivity index (χ3n) is 1.35. The largest absolute Gasteiger partial charge is 0.350 e. The van der Waals surface area contributed by atoms with Gasteiger partial charge in [0.2, 0.25) is 0 Å². The Balaban J connectivity index is 3.02. The van der Waals surface area contributed by atoms with Crippen LogP contribution in [-0.2, 0) is 0 Å². The lowest BCUT2D eigenvalue weighted by Crippen LogP contribution is -2.42. The second kappa shape index (κ2) is 3.19. The number of hydrazine groups is 1. The van der Waals surface area contributed by atoms with Crippen LogP contribution in [0.3, 0.4) is 0 Å². The first kappa shape index (κ1) is 8.48. The molecule has 0 aliphatic carbocycles. The molecular formula is C7H8FN3O. The van der Waals surface area contributed by atoms with Gasteiger partial charge in [0.05, 0.1) is 5.69 Å². The standard InChI is InChI=1S/C7H8FN3O/c8-5-3-1-2-4-6(5)11(10)7(9)12/h1-4H,10H2,(H2,9,12). The van der Waals surface area contributed by atoms with Crippen molar-refractivity contribution < 1.29 is 9.18 Å². The smallest absolute Gasteiger partial charge is 0.333 e. The Morgan fingerprint density at radius 1 is 1.42 bits per heavy atom. The average Bonchev–Trinajstić information content (AvgIpc) is 2.04. The number of carbonyl (C=O) groups is 1. The molecule has 0 aromatic heterocycles. The minimum Gasteiger partial charge on any atom is -0.350 e. The molecule has 0 fully saturated rings. The van der Waals surface area contributed by atoms with E-state index in [1.165, 1.54) is 18.2 Å². The maximum atomic E-state index is 12.9. The van der Waals surface area contributed by atoms with E-state index in [4.69, 9.17) is 11.6 Å². The van der Waals surface area contributed by atoms with E-state index < -0.39 is 11.8 Å². The number of rotatable bonds is 1. The summed E-state index contributed by atoms with van der Waals surface area (Å²) < 4.78 is 12.9. The summed E-state index contributed by atoms with van der Waals surface area (Å²) in [7, 11) is 0. The molecule has 5 heteroatoms. The Morgan fingerprint density at radius 2 is 2.00 bits per heavy atom. The van der Waals surface area contributed by atoms with Crippen molar-refractivity contribution in [2.24, 2.45) is 11.6 Å². The Morgan fingerprint density at radius 3 is 2.50 bits per heavy atom. The molecule has 0 bridgehead atoms. The highest BCUT2D eigenvalue weighted by atomic mass is 19.1. The molecule has 4 N–H and O–H groups in total. The van der Waals surface area contributed by atoms with Crippen molar-refractivity contribution in [2.45, 2.75) is 0 Å². The molecular weight excluding hydrogens is 161 g/mol. The van der Waals surface area contributed by atoms with Crippen molar-refractivity contribution in [2.75, 3.05) is 5.01 Å². The second-order valence-electron chi connectivity index (χ2n) is 2.16. The van der Waals surface area contributed by atoms with Crippen molar-refractivity contribution in [1.29, 1.82) is 0 Å². The van der Waals surface area contributed by atoms with E-state index in [-0.39, 0.29) is 5.69 Å². The average molecular weight is 169 g/mol. The zero-order valence-corrected chi connectivity index (χ0v) is 6.20. The fraction of sp³-hybridized carbons (Fsp3) is 0. The summed E-state index contributed by atoms with van der Waals surface area (Å²) in [6.07, 6.45) is 0. The molecule has 0 heterocycles. The summed E-state index contributed by atoms with van der Waals surface area (Å²) in [5, 5.41) is 0.551. The maximum Gasteiger partial charge on any atom is 0.333 e. The normalized spacial score (nSPS) is 9.50. The summed E-state index contributed by atoms with van der Waals surface area (Å²) in [6, 6.07) is 4.70. The molecule has 1 aromatic carbocycles. The molecule has 0 atom stereocenters. The number of primary amides is 1. The van der Waals surface area contributed by atoms with E-state index in [1.807, 2.05) is 0 Å². The number of benzene rings is 1. The number of anilines is 1. The number of nitrogens with two attached hydrogens (primary N) is 2. The van der Waals surface area contributed by atoms with Crippen LogP contribution in [0.2, 0.25) is 0 Å². The Bertz CT molecular complexity index is 302. The lowest BCUT2D eigenvalue weighted by Gasteiger charge is -2.13. The van der Waals surface area contributed by atoms with Gasteiger partial charge < -0.3 is 5.73 Å². The summed E-state index contributed by atoms with van der Waals surface area (Å²) in [5.41, 5.74) is 4.80. The molecule has 64 valence electrons. The summed E-state index contributed by atoms with van der Waals surface area (Å²) >= 11 is 0. The minimum atomic E-state index is -0.903. The summed E-state index contributed by atoms with van der Waals surface area (Å²) in [6.45, 7) is 0. The van der Waals surface area contributed by atoms with Crippen LogP contribution < -0.4 is 16.6 Å². The zero-order chi connectivity index (χ0) is 9.14. The van der Waals surface area contributed by atoms with Gasteiger partial charge in [-0.3, -0.25) is 0 Å². The van der Waals surface area contributed by atoms with E-state index in [9.17, 15) is 9.18 Å². The van der Waals surface area contributed by atoms with Crippen LogP contribution in [0.5, 0.6) is 0 Å². The summed E-state index contributed by atoms with van der Waals surface area (Å²) in [5.74, 6) is 4.57. The molecule has 1 aromatic rings. The van der Waals surface area contributed by atoms with Crippen LogP contribution in [0.25, 0.3) is 0 Å². The van der Waals surface area contributed by atoms with Gasteiger partial charge in [0.15, 0.2) is 0 Å². The minimum absolute atomic E-state index is 0.0370. The molecule has 0 saturated heterocycles. The number of carbonyl (C=O) groups excluding carboxylic acids is 1. The van der Waals surface area contributed by atoms with Crippen molar-refractivity contribution >= 4 is 11.7 Å². The highest BCUT2D eigenvalue weighted by Gasteiger charge is 2.10. The highest BCUT2D eigenvalue weighted by Crippen LogP contribution is 2.14. The van der Waals surface area contributed by atoms with Crippen molar-refractivity contribution in [3.63, 3.8) is 0 Å². The van der Waals surface area contributed by atoms with Gasteiger partial charge in [0, 0.05) is 0 Å². The molecule has 0 spiro atoms. The first-order valence-corrected chi connectivity index (χ1v) is 3.21. The molecule has 0 radical (unpaired) electrons. The van der Waals surface area contributed by atoms with Gasteiger partial charge in [0.25, 0.3) is 0 Å². The number of amides is 2. The first-order valence-electron chi connectivity index (χ1n) is 3.21. The molecule has 4 nitrogen and oxygen atoms in total. The van der Waals surface area contributed by atoms with Gasteiger partial charge in [0.1, 0.15) is 5.82 Å². The van der Waals surface area contributed by atoms with Crippen molar-refractivity contribution in [1.82, 2.24) is 0 Å². The third kappa shape index (κ3) is 1.51. The number of urea groups is 1. The maximum absolute atomic E-state index is 12.9. The molecule has 0 aliphatic heterocycles. The number of hydrogen-bond donors (Lipinski definition) is 2. The predicted molar refractivity (Wildman–Crippen MR) is 42.6 cm³/mol. The molecule has 0 saturated carbocycles. The fourth-order valence-corrected chi connectivity index (χ4v) is 0.766. The Hall–Kier alpha value is -1.62. The third-order valence-corrected chi connectivity index (χ3v) is 1.35. The van der Waals surface area contributed by atoms with Gasteiger partial charge in [-0.1, -0.05) is 12.1 Å². The lowest BCUT2D eigenvalue weighted by atomic mass is 10.3. The van der Waals surface area contributed by atoms with E-state index in [0.717, 1.165) is 0 Å². The molecule has 12 heavy (non-hydrogen) atoms. The fourth-order valence-electron chi connectivity index (χ4n) is 0.766. The zero-order valence-electron chi connectivity index (χ0n) is 6.20. The molecule has 2 amide bonds. The van der Waals surface area contributed by atoms with E-state index in [1.54, 1.807) is 6.07 Å². The molecule has 0 aliphatic rings. The monoisotopic (exact) mass is 169 g/mol. The van der Waals surface area contributed by atoms with Crippen LogP contribution in [0.4, 0.5) is 14.9 Å². The van der Waals surface area contributed by atoms with E-state index in [2.05, 4.69) is 0 Å². The van der Waals surface area contributed by atoms with E-state index in [0.29, 0.717) is 5.01 Å². The first-order chi connectivity index (χ1) is 5.63. The van der Waals surface area contributed by atoms with Gasteiger partial charge in [-0.25, -0.2) is 20.0 Å². The van der Waals surface area contributed by atoms with Gasteiger partial charge in [-0.05, 0) is 12.1 Å². The molecule has 0 unspecified atom stereocenters. The number of halogens is 1. The van der Waals surface area contributed by atoms with Crippen LogP contribution in [0.1, 0.15) is 0 Å². The lowest BCUT2D eigenvalue weighted by molar-refractivity contribution is 0.254. The predicted octanol–water partition coefficient (Wildman–Crippen LogP) is 0.585. The summed E-state index contributed by atoms with van der Waals surface area (Å²) in [4.78, 5) is 10.5. The van der Waals surface area contributed by atoms with Crippen LogP contribution in [0, 0.1) is 5.82 Å². The Kier molecular flexibility index (Phi) is 2.25. The second-order valence-corrected chi connectivity index (χ2v) is 2.16. The highest BCUT2D eigenvalue weighted by molar-refractivity contribution is 5.89. The Labute approximate surface area is 68.5 Å². The van der Waals surface area contributed by atoms with Crippen LogP contribution in [-0.4, -0.2) is 6.03 Å². The SMILES string of the molecule is NC(=O)N(N)c1ccccc1F. The number of para-hydroxylation sites is 1. The molecule has 1 rings (SSSR count). The van der Waals surface area contributed by atoms with Crippen molar-refractivity contribution in [3.8, 4) is 0 Å². The van der Waals surface area contributed by atoms with Crippen molar-refractivity contribution in [3.05, 3.63) is 30.1 Å². The number of nitrogens with zero attached hydrogens (tertiary/aromatic N) is 1. The van der Waals surface area contributed by atoms with Gasteiger partial charge in [-0.2, -0.15) is 0 Å². The topological polar surface area (TPSA) is 72.4 Å². The van der Waals surface area contributed by atoms with Gasteiger partial charge in [-0.15, -0.1) is 0 Å². The van der Waals surface area contributed by atoms with Gasteiger partial charge >= 0.3 is 6.03 Å².